The van der Waals surface area contributed by atoms with Crippen LogP contribution in [0, 0.1) is 5.41 Å². The standard InChI is InChI=1S/C20H40N2O2/c1-5-6-13-22(19(23)17-20(2,3)4)14-9-7-8-12-21-18-10-15-24-16-11-18/h18,21H,5-17H2,1-4H3. The number of hydrogen-bond donors (Lipinski definition) is 1. The molecule has 0 aromatic carbocycles. The fourth-order valence-electron chi connectivity index (χ4n) is 3.09. The number of ether oxygens (including phenoxy) is 1. The lowest BCUT2D eigenvalue weighted by Crippen LogP contribution is -2.36. The molecule has 1 aliphatic heterocycles. The van der Waals surface area contributed by atoms with Gasteiger partial charge in [0.1, 0.15) is 0 Å². The fourth-order valence-corrected chi connectivity index (χ4v) is 3.09. The highest BCUT2D eigenvalue weighted by Crippen LogP contribution is 2.20. The summed E-state index contributed by atoms with van der Waals surface area (Å²) < 4.78 is 5.38. The summed E-state index contributed by atoms with van der Waals surface area (Å²) in [5, 5.41) is 3.64. The third-order valence-corrected chi connectivity index (χ3v) is 4.57. The van der Waals surface area contributed by atoms with E-state index < -0.39 is 0 Å². The van der Waals surface area contributed by atoms with Crippen molar-refractivity contribution in [1.29, 1.82) is 0 Å². The van der Waals surface area contributed by atoms with Crippen molar-refractivity contribution in [2.45, 2.75) is 85.1 Å². The van der Waals surface area contributed by atoms with Gasteiger partial charge in [-0.1, -0.05) is 40.5 Å². The summed E-state index contributed by atoms with van der Waals surface area (Å²) >= 11 is 0. The van der Waals surface area contributed by atoms with Crippen molar-refractivity contribution in [2.75, 3.05) is 32.8 Å². The Balaban J connectivity index is 2.17. The first-order chi connectivity index (χ1) is 11.4. The van der Waals surface area contributed by atoms with Crippen LogP contribution in [0.4, 0.5) is 0 Å². The Kier molecular flexibility index (Phi) is 10.6. The van der Waals surface area contributed by atoms with Crippen LogP contribution >= 0.6 is 0 Å². The molecule has 0 atom stereocenters. The molecule has 0 bridgehead atoms. The van der Waals surface area contributed by atoms with Crippen LogP contribution in [0.2, 0.25) is 0 Å². The highest BCUT2D eigenvalue weighted by Gasteiger charge is 2.20. The molecule has 1 heterocycles. The van der Waals surface area contributed by atoms with Crippen LogP contribution in [0.1, 0.15) is 79.1 Å². The van der Waals surface area contributed by atoms with Crippen LogP contribution in [-0.4, -0.2) is 49.7 Å². The van der Waals surface area contributed by atoms with Gasteiger partial charge in [0, 0.05) is 38.8 Å². The minimum Gasteiger partial charge on any atom is -0.381 e. The topological polar surface area (TPSA) is 41.6 Å². The number of unbranched alkanes of at least 4 members (excludes halogenated alkanes) is 3. The van der Waals surface area contributed by atoms with E-state index in [0.717, 1.165) is 65.0 Å². The summed E-state index contributed by atoms with van der Waals surface area (Å²) in [6, 6.07) is 0.646. The van der Waals surface area contributed by atoms with Gasteiger partial charge in [-0.25, -0.2) is 0 Å². The van der Waals surface area contributed by atoms with Gasteiger partial charge >= 0.3 is 0 Å². The lowest BCUT2D eigenvalue weighted by atomic mass is 9.91. The van der Waals surface area contributed by atoms with Gasteiger partial charge in [0.25, 0.3) is 0 Å². The molecule has 142 valence electrons. The Morgan fingerprint density at radius 1 is 1.08 bits per heavy atom. The van der Waals surface area contributed by atoms with Crippen LogP contribution in [0.3, 0.4) is 0 Å². The molecule has 24 heavy (non-hydrogen) atoms. The van der Waals surface area contributed by atoms with Gasteiger partial charge in [0.15, 0.2) is 0 Å². The molecule has 0 aromatic rings. The minimum atomic E-state index is 0.0786. The maximum absolute atomic E-state index is 12.5. The van der Waals surface area contributed by atoms with E-state index in [9.17, 15) is 4.79 Å². The van der Waals surface area contributed by atoms with E-state index >= 15 is 0 Å². The molecule has 4 nitrogen and oxygen atoms in total. The average Bonchev–Trinajstić information content (AvgIpc) is 2.52. The first-order valence-electron chi connectivity index (χ1n) is 10.0. The number of nitrogens with zero attached hydrogens (tertiary/aromatic N) is 1. The van der Waals surface area contributed by atoms with E-state index in [-0.39, 0.29) is 5.41 Å². The Morgan fingerprint density at radius 2 is 1.75 bits per heavy atom. The van der Waals surface area contributed by atoms with Gasteiger partial charge in [-0.15, -0.1) is 0 Å². The predicted octanol–water partition coefficient (Wildman–Crippen LogP) is 3.99. The van der Waals surface area contributed by atoms with Crippen molar-refractivity contribution >= 4 is 5.91 Å². The van der Waals surface area contributed by atoms with Crippen molar-refractivity contribution in [1.82, 2.24) is 10.2 Å². The van der Waals surface area contributed by atoms with E-state index in [0.29, 0.717) is 18.4 Å². The monoisotopic (exact) mass is 340 g/mol. The molecule has 1 fully saturated rings. The molecule has 1 N–H and O–H groups in total. The van der Waals surface area contributed by atoms with Crippen molar-refractivity contribution in [3.8, 4) is 0 Å². The number of carbonyl (C=O) groups excluding carboxylic acids is 1. The Morgan fingerprint density at radius 3 is 2.38 bits per heavy atom. The van der Waals surface area contributed by atoms with Gasteiger partial charge in [-0.2, -0.15) is 0 Å². The van der Waals surface area contributed by atoms with Gasteiger partial charge in [-0.3, -0.25) is 4.79 Å². The number of amides is 1. The first kappa shape index (κ1) is 21.4. The second kappa shape index (κ2) is 11.9. The van der Waals surface area contributed by atoms with E-state index in [4.69, 9.17) is 4.74 Å². The van der Waals surface area contributed by atoms with E-state index in [1.807, 2.05) is 0 Å². The summed E-state index contributed by atoms with van der Waals surface area (Å²) in [5.41, 5.74) is 0.0786. The van der Waals surface area contributed by atoms with Crippen LogP contribution in [0.5, 0.6) is 0 Å². The van der Waals surface area contributed by atoms with E-state index in [1.54, 1.807) is 0 Å². The summed E-state index contributed by atoms with van der Waals surface area (Å²) in [5.74, 6) is 0.330. The summed E-state index contributed by atoms with van der Waals surface area (Å²) in [4.78, 5) is 14.6. The van der Waals surface area contributed by atoms with Crippen molar-refractivity contribution in [3.05, 3.63) is 0 Å². The van der Waals surface area contributed by atoms with Crippen molar-refractivity contribution < 1.29 is 9.53 Å². The Hall–Kier alpha value is -0.610. The quantitative estimate of drug-likeness (QED) is 0.578. The fraction of sp³-hybridized carbons (Fsp3) is 0.950. The largest absolute Gasteiger partial charge is 0.381 e. The predicted molar refractivity (Wildman–Crippen MR) is 101 cm³/mol. The molecule has 0 spiro atoms. The zero-order chi connectivity index (χ0) is 17.8. The SMILES string of the molecule is CCCCN(CCCCCNC1CCOCC1)C(=O)CC(C)(C)C. The first-order valence-corrected chi connectivity index (χ1v) is 10.0. The lowest BCUT2D eigenvalue weighted by Gasteiger charge is -2.27. The zero-order valence-corrected chi connectivity index (χ0v) is 16.5. The molecular weight excluding hydrogens is 300 g/mol. The smallest absolute Gasteiger partial charge is 0.223 e. The third-order valence-electron chi connectivity index (χ3n) is 4.57. The number of carbonyl (C=O) groups is 1. The Labute approximate surface area is 149 Å². The van der Waals surface area contributed by atoms with Crippen molar-refractivity contribution in [3.63, 3.8) is 0 Å². The maximum atomic E-state index is 12.5. The molecular formula is C20H40N2O2. The lowest BCUT2D eigenvalue weighted by molar-refractivity contribution is -0.133. The number of hydrogen-bond acceptors (Lipinski definition) is 3. The van der Waals surface area contributed by atoms with Crippen LogP contribution in [0.15, 0.2) is 0 Å². The van der Waals surface area contributed by atoms with Crippen LogP contribution in [0.25, 0.3) is 0 Å². The van der Waals surface area contributed by atoms with Crippen LogP contribution < -0.4 is 5.32 Å². The number of nitrogens with one attached hydrogen (secondary N) is 1. The van der Waals surface area contributed by atoms with Gasteiger partial charge < -0.3 is 15.0 Å². The molecule has 1 rings (SSSR count). The second-order valence-electron chi connectivity index (χ2n) is 8.37. The van der Waals surface area contributed by atoms with Gasteiger partial charge in [0.05, 0.1) is 0 Å². The summed E-state index contributed by atoms with van der Waals surface area (Å²) in [6.45, 7) is 13.4. The number of rotatable bonds is 11. The molecule has 1 aliphatic rings. The molecule has 0 saturated carbocycles. The molecule has 1 amide bonds. The molecule has 0 radical (unpaired) electrons. The minimum absolute atomic E-state index is 0.0786. The average molecular weight is 341 g/mol. The maximum Gasteiger partial charge on any atom is 0.223 e. The second-order valence-corrected chi connectivity index (χ2v) is 8.37. The highest BCUT2D eigenvalue weighted by atomic mass is 16.5. The molecule has 0 aliphatic carbocycles. The highest BCUT2D eigenvalue weighted by molar-refractivity contribution is 5.76. The van der Waals surface area contributed by atoms with Crippen molar-refractivity contribution in [2.24, 2.45) is 5.41 Å². The normalized spacial score (nSPS) is 16.3. The summed E-state index contributed by atoms with van der Waals surface area (Å²) in [7, 11) is 0. The zero-order valence-electron chi connectivity index (χ0n) is 16.5. The molecule has 0 unspecified atom stereocenters. The third kappa shape index (κ3) is 10.3. The van der Waals surface area contributed by atoms with Gasteiger partial charge in [-0.05, 0) is 44.1 Å². The molecule has 1 saturated heterocycles. The summed E-state index contributed by atoms with van der Waals surface area (Å²) in [6.07, 6.45) is 8.72. The van der Waals surface area contributed by atoms with E-state index in [1.165, 1.54) is 12.8 Å². The molecule has 0 aromatic heterocycles. The van der Waals surface area contributed by atoms with Crippen LogP contribution in [-0.2, 0) is 9.53 Å². The van der Waals surface area contributed by atoms with E-state index in [2.05, 4.69) is 37.9 Å². The molecule has 4 heteroatoms. The van der Waals surface area contributed by atoms with Gasteiger partial charge in [0.2, 0.25) is 5.91 Å². The Bertz CT molecular complexity index is 333.